The van der Waals surface area contributed by atoms with Crippen LogP contribution in [0.1, 0.15) is 72.4 Å². The van der Waals surface area contributed by atoms with Crippen molar-refractivity contribution in [1.29, 1.82) is 0 Å². The molecule has 1 saturated heterocycles. The van der Waals surface area contributed by atoms with Gasteiger partial charge < -0.3 is 20.5 Å². The average Bonchev–Trinajstić information content (AvgIpc) is 3.81. The third kappa shape index (κ3) is 4.91. The van der Waals surface area contributed by atoms with Gasteiger partial charge in [0.15, 0.2) is 0 Å². The number of aromatic nitrogens is 2. The van der Waals surface area contributed by atoms with Gasteiger partial charge in [0.25, 0.3) is 12.0 Å². The smallest absolute Gasteiger partial charge is 0.264 e. The van der Waals surface area contributed by atoms with Gasteiger partial charge in [0.05, 0.1) is 11.6 Å². The molecule has 3 N–H and O–H groups in total. The van der Waals surface area contributed by atoms with Crippen LogP contribution in [0, 0.1) is 6.92 Å². The highest BCUT2D eigenvalue weighted by molar-refractivity contribution is 6.10. The van der Waals surface area contributed by atoms with Crippen LogP contribution in [0.15, 0.2) is 40.3 Å². The van der Waals surface area contributed by atoms with Crippen molar-refractivity contribution < 1.29 is 8.78 Å². The predicted octanol–water partition coefficient (Wildman–Crippen LogP) is 5.26. The van der Waals surface area contributed by atoms with Crippen LogP contribution in [-0.4, -0.2) is 41.4 Å². The summed E-state index contributed by atoms with van der Waals surface area (Å²) in [6.07, 6.45) is 5.97. The second kappa shape index (κ2) is 10.8. The topological polar surface area (TPSA) is 88.5 Å². The maximum atomic E-state index is 14.6. The first-order valence-corrected chi connectivity index (χ1v) is 14.3. The normalized spacial score (nSPS) is 18.7. The molecule has 0 atom stereocenters. The van der Waals surface area contributed by atoms with E-state index in [1.807, 2.05) is 18.2 Å². The molecule has 0 spiro atoms. The molecule has 0 unspecified atom stereocenters. The minimum absolute atomic E-state index is 0.0395. The van der Waals surface area contributed by atoms with Gasteiger partial charge >= 0.3 is 0 Å². The molecule has 0 amide bonds. The molecule has 3 aromatic rings. The van der Waals surface area contributed by atoms with Crippen molar-refractivity contribution in [3.63, 3.8) is 0 Å². The Bertz CT molecular complexity index is 1570. The number of anilines is 2. The SMILES string of the molecule is Cc1cc2c(N3CCCc4cc(/C(C=NC5CCNCC5)=C/N)c(C(F)F)cc43)nc(C3CC3)cc2n(C)c1=O. The fourth-order valence-corrected chi connectivity index (χ4v) is 6.05. The summed E-state index contributed by atoms with van der Waals surface area (Å²) in [4.78, 5) is 24.6. The lowest BCUT2D eigenvalue weighted by molar-refractivity contribution is 0.151. The van der Waals surface area contributed by atoms with E-state index in [-0.39, 0.29) is 17.2 Å². The van der Waals surface area contributed by atoms with Crippen molar-refractivity contribution in [3.05, 3.63) is 68.8 Å². The van der Waals surface area contributed by atoms with Crippen molar-refractivity contribution in [1.82, 2.24) is 14.9 Å². The van der Waals surface area contributed by atoms with Crippen molar-refractivity contribution in [2.24, 2.45) is 17.8 Å². The van der Waals surface area contributed by atoms with Crippen LogP contribution in [0.2, 0.25) is 0 Å². The van der Waals surface area contributed by atoms with Crippen LogP contribution in [0.25, 0.3) is 16.5 Å². The summed E-state index contributed by atoms with van der Waals surface area (Å²) in [5, 5.41) is 4.18. The molecule has 2 aromatic heterocycles. The molecule has 1 aromatic carbocycles. The van der Waals surface area contributed by atoms with Gasteiger partial charge in [-0.05, 0) is 93.9 Å². The van der Waals surface area contributed by atoms with Crippen LogP contribution in [0.4, 0.5) is 20.3 Å². The molecule has 1 aliphatic carbocycles. The van der Waals surface area contributed by atoms with E-state index >= 15 is 0 Å². The number of nitrogens with one attached hydrogen (secondary N) is 1. The molecule has 3 aliphatic rings. The highest BCUT2D eigenvalue weighted by Gasteiger charge is 2.30. The van der Waals surface area contributed by atoms with Crippen molar-refractivity contribution in [2.75, 3.05) is 24.5 Å². The quantitative estimate of drug-likeness (QED) is 0.412. The second-order valence-corrected chi connectivity index (χ2v) is 11.3. The zero-order chi connectivity index (χ0) is 28.0. The van der Waals surface area contributed by atoms with Crippen LogP contribution < -0.4 is 21.5 Å². The minimum atomic E-state index is -2.68. The Labute approximate surface area is 232 Å². The molecule has 4 heterocycles. The largest absolute Gasteiger partial charge is 0.404 e. The van der Waals surface area contributed by atoms with Crippen LogP contribution in [0.3, 0.4) is 0 Å². The van der Waals surface area contributed by atoms with Crippen molar-refractivity contribution >= 4 is 34.2 Å². The monoisotopic (exact) mass is 546 g/mol. The Morgan fingerprint density at radius 2 is 1.95 bits per heavy atom. The van der Waals surface area contributed by atoms with E-state index in [2.05, 4.69) is 15.2 Å². The number of benzene rings is 1. The van der Waals surface area contributed by atoms with E-state index in [4.69, 9.17) is 10.7 Å². The molecule has 40 heavy (non-hydrogen) atoms. The number of hydrogen-bond acceptors (Lipinski definition) is 6. The van der Waals surface area contributed by atoms with E-state index in [0.717, 1.165) is 85.3 Å². The lowest BCUT2D eigenvalue weighted by atomic mass is 9.92. The van der Waals surface area contributed by atoms with E-state index in [1.54, 1.807) is 30.8 Å². The Morgan fingerprint density at radius 3 is 2.65 bits per heavy atom. The molecule has 6 rings (SSSR count). The zero-order valence-corrected chi connectivity index (χ0v) is 23.1. The average molecular weight is 547 g/mol. The summed E-state index contributed by atoms with van der Waals surface area (Å²) in [6.45, 7) is 4.26. The summed E-state index contributed by atoms with van der Waals surface area (Å²) in [5.41, 5.74) is 10.9. The third-order valence-corrected chi connectivity index (χ3v) is 8.48. The minimum Gasteiger partial charge on any atom is -0.404 e. The standard InChI is InChI=1S/C31H36F2N6O/c1-18-12-25-28(38(2)31(18)40)15-26(19-5-6-19)37-30(25)39-11-3-4-20-13-23(24(29(32)33)14-27(20)39)21(16-34)17-36-22-7-9-35-10-8-22/h12-17,19,22,29,35H,3-11,34H2,1-2H3/b21-16+,36-17?. The van der Waals surface area contributed by atoms with E-state index in [0.29, 0.717) is 29.2 Å². The summed E-state index contributed by atoms with van der Waals surface area (Å²) >= 11 is 0. The Morgan fingerprint density at radius 1 is 1.18 bits per heavy atom. The molecular weight excluding hydrogens is 510 g/mol. The first-order valence-electron chi connectivity index (χ1n) is 14.3. The van der Waals surface area contributed by atoms with E-state index < -0.39 is 6.43 Å². The Kier molecular flexibility index (Phi) is 7.16. The number of allylic oxidation sites excluding steroid dienone is 1. The number of halogens is 2. The number of hydrogen-bond donors (Lipinski definition) is 2. The maximum absolute atomic E-state index is 14.6. The number of nitrogens with two attached hydrogens (primary N) is 1. The van der Waals surface area contributed by atoms with Gasteiger partial charge in [0.2, 0.25) is 0 Å². The van der Waals surface area contributed by atoms with Gasteiger partial charge in [-0.15, -0.1) is 0 Å². The van der Waals surface area contributed by atoms with Gasteiger partial charge in [-0.2, -0.15) is 0 Å². The van der Waals surface area contributed by atoms with Gasteiger partial charge in [-0.25, -0.2) is 13.8 Å². The number of nitrogens with zero attached hydrogens (tertiary/aromatic N) is 4. The molecule has 2 aliphatic heterocycles. The number of fused-ring (bicyclic) bond motifs is 2. The number of aryl methyl sites for hydroxylation is 3. The van der Waals surface area contributed by atoms with Crippen LogP contribution >= 0.6 is 0 Å². The molecular formula is C31H36F2N6O. The zero-order valence-electron chi connectivity index (χ0n) is 23.1. The molecule has 0 radical (unpaired) electrons. The van der Waals surface area contributed by atoms with Gasteiger partial charge in [0.1, 0.15) is 5.82 Å². The van der Waals surface area contributed by atoms with E-state index in [9.17, 15) is 13.6 Å². The fourth-order valence-electron chi connectivity index (χ4n) is 6.05. The Balaban J connectivity index is 1.47. The highest BCUT2D eigenvalue weighted by atomic mass is 19.3. The maximum Gasteiger partial charge on any atom is 0.264 e. The summed E-state index contributed by atoms with van der Waals surface area (Å²) in [5.74, 6) is 1.10. The molecule has 7 nitrogen and oxygen atoms in total. The summed E-state index contributed by atoms with van der Waals surface area (Å²) < 4.78 is 30.9. The molecule has 0 bridgehead atoms. The van der Waals surface area contributed by atoms with Crippen LogP contribution in [-0.2, 0) is 13.5 Å². The van der Waals surface area contributed by atoms with E-state index in [1.165, 1.54) is 6.20 Å². The molecule has 1 saturated carbocycles. The lowest BCUT2D eigenvalue weighted by Crippen LogP contribution is -2.29. The van der Waals surface area contributed by atoms with Gasteiger partial charge in [0, 0.05) is 65.4 Å². The van der Waals surface area contributed by atoms with Gasteiger partial charge in [-0.1, -0.05) is 0 Å². The highest BCUT2D eigenvalue weighted by Crippen LogP contribution is 2.44. The number of piperidine rings is 1. The number of pyridine rings is 2. The van der Waals surface area contributed by atoms with Gasteiger partial charge in [-0.3, -0.25) is 9.79 Å². The second-order valence-electron chi connectivity index (χ2n) is 11.3. The number of rotatable bonds is 6. The number of alkyl halides is 2. The van der Waals surface area contributed by atoms with Crippen molar-refractivity contribution in [3.8, 4) is 0 Å². The van der Waals surface area contributed by atoms with Crippen molar-refractivity contribution in [2.45, 2.75) is 63.8 Å². The molecule has 2 fully saturated rings. The summed E-state index contributed by atoms with van der Waals surface area (Å²) in [6, 6.07) is 7.55. The first-order chi connectivity index (χ1) is 19.4. The fraction of sp³-hybridized carbons (Fsp3) is 0.452. The van der Waals surface area contributed by atoms with Crippen LogP contribution in [0.5, 0.6) is 0 Å². The third-order valence-electron chi connectivity index (χ3n) is 8.48. The Hall–Kier alpha value is -3.59. The molecule has 9 heteroatoms. The lowest BCUT2D eigenvalue weighted by Gasteiger charge is -2.33. The molecule has 210 valence electrons. The number of aliphatic imine (C=N–C) groups is 1. The summed E-state index contributed by atoms with van der Waals surface area (Å²) in [7, 11) is 1.79. The first kappa shape index (κ1) is 26.6. The predicted molar refractivity (Wildman–Crippen MR) is 157 cm³/mol.